The predicted octanol–water partition coefficient (Wildman–Crippen LogP) is 6.39. The summed E-state index contributed by atoms with van der Waals surface area (Å²) in [5.41, 5.74) is 4.06. The van der Waals surface area contributed by atoms with Crippen LogP contribution in [0.5, 0.6) is 17.2 Å². The summed E-state index contributed by atoms with van der Waals surface area (Å²) in [6.07, 6.45) is 1.73. The third-order valence-corrected chi connectivity index (χ3v) is 6.68. The van der Waals surface area contributed by atoms with Gasteiger partial charge in [0.05, 0.1) is 18.2 Å². The van der Waals surface area contributed by atoms with E-state index in [2.05, 4.69) is 20.8 Å². The van der Waals surface area contributed by atoms with Crippen molar-refractivity contribution in [2.24, 2.45) is 0 Å². The largest absolute Gasteiger partial charge is 0.496 e. The zero-order valence-electron chi connectivity index (χ0n) is 18.2. The molecule has 0 atom stereocenters. The van der Waals surface area contributed by atoms with Crippen molar-refractivity contribution in [3.05, 3.63) is 91.6 Å². The average Bonchev–Trinajstić information content (AvgIpc) is 3.13. The number of methoxy groups -OCH3 is 1. The van der Waals surface area contributed by atoms with Gasteiger partial charge in [-0.1, -0.05) is 45.7 Å². The van der Waals surface area contributed by atoms with Crippen molar-refractivity contribution in [1.82, 2.24) is 4.90 Å². The Morgan fingerprint density at radius 1 is 1.21 bits per heavy atom. The second-order valence-corrected chi connectivity index (χ2v) is 9.38. The highest BCUT2D eigenvalue weighted by atomic mass is 79.9. The molecule has 0 aliphatic carbocycles. The molecule has 2 heterocycles. The maximum atomic E-state index is 13.3. The Labute approximate surface area is 205 Å². The highest BCUT2D eigenvalue weighted by Crippen LogP contribution is 2.44. The second kappa shape index (κ2) is 8.86. The van der Waals surface area contributed by atoms with Crippen LogP contribution in [0.4, 0.5) is 0 Å². The first-order valence-corrected chi connectivity index (χ1v) is 11.6. The van der Waals surface area contributed by atoms with Crippen LogP contribution in [-0.2, 0) is 13.1 Å². The summed E-state index contributed by atoms with van der Waals surface area (Å²) in [4.78, 5) is 15.4. The molecule has 0 amide bonds. The number of nitrogens with zero attached hydrogens (tertiary/aromatic N) is 1. The first-order valence-electron chi connectivity index (χ1n) is 10.5. The van der Waals surface area contributed by atoms with Gasteiger partial charge in [-0.3, -0.25) is 9.69 Å². The molecule has 3 aromatic carbocycles. The average molecular weight is 527 g/mol. The summed E-state index contributed by atoms with van der Waals surface area (Å²) < 4.78 is 18.5. The molecule has 3 aromatic rings. The predicted molar refractivity (Wildman–Crippen MR) is 131 cm³/mol. The number of benzene rings is 3. The Morgan fingerprint density at radius 2 is 2.03 bits per heavy atom. The molecule has 5 nitrogen and oxygen atoms in total. The number of fused-ring (bicyclic) bond motifs is 3. The number of hydrogen-bond donors (Lipinski definition) is 0. The molecule has 2 aliphatic heterocycles. The van der Waals surface area contributed by atoms with Gasteiger partial charge in [0.1, 0.15) is 24.0 Å². The van der Waals surface area contributed by atoms with E-state index in [1.807, 2.05) is 55.5 Å². The smallest absolute Gasteiger partial charge is 0.232 e. The molecule has 0 radical (unpaired) electrons. The van der Waals surface area contributed by atoms with Crippen LogP contribution in [0.1, 0.15) is 32.6 Å². The van der Waals surface area contributed by atoms with E-state index in [0.717, 1.165) is 37.5 Å². The molecule has 5 rings (SSSR count). The van der Waals surface area contributed by atoms with Crippen LogP contribution >= 0.6 is 27.5 Å². The minimum absolute atomic E-state index is 0.143. The molecule has 0 saturated heterocycles. The highest BCUT2D eigenvalue weighted by Gasteiger charge is 2.35. The molecular weight excluding hydrogens is 506 g/mol. The van der Waals surface area contributed by atoms with Gasteiger partial charge in [-0.2, -0.15) is 0 Å². The Morgan fingerprint density at radius 3 is 2.82 bits per heavy atom. The summed E-state index contributed by atoms with van der Waals surface area (Å²) in [6.45, 7) is 3.56. The number of ketones is 1. The van der Waals surface area contributed by atoms with Crippen molar-refractivity contribution >= 4 is 39.4 Å². The molecule has 0 aromatic heterocycles. The molecule has 0 spiro atoms. The van der Waals surface area contributed by atoms with Crippen LogP contribution in [0.25, 0.3) is 6.08 Å². The maximum absolute atomic E-state index is 13.3. The van der Waals surface area contributed by atoms with Crippen LogP contribution in [0, 0.1) is 6.92 Å². The molecular formula is C26H21BrClNO4. The van der Waals surface area contributed by atoms with E-state index in [0.29, 0.717) is 36.9 Å². The molecule has 0 fully saturated rings. The van der Waals surface area contributed by atoms with Crippen LogP contribution in [0.2, 0.25) is 5.02 Å². The van der Waals surface area contributed by atoms with Gasteiger partial charge in [0.15, 0.2) is 5.76 Å². The van der Waals surface area contributed by atoms with Crippen molar-refractivity contribution < 1.29 is 19.0 Å². The van der Waals surface area contributed by atoms with Crippen molar-refractivity contribution in [3.63, 3.8) is 0 Å². The Bertz CT molecular complexity index is 1300. The number of allylic oxidation sites excluding steroid dienone is 1. The lowest BCUT2D eigenvalue weighted by molar-refractivity contribution is 0.0872. The van der Waals surface area contributed by atoms with E-state index < -0.39 is 0 Å². The first kappa shape index (κ1) is 22.0. The minimum atomic E-state index is -0.143. The van der Waals surface area contributed by atoms with Crippen molar-refractivity contribution in [2.45, 2.75) is 20.0 Å². The quantitative estimate of drug-likeness (QED) is 0.369. The fraction of sp³-hybridized carbons (Fsp3) is 0.192. The fourth-order valence-corrected chi connectivity index (χ4v) is 4.78. The number of ether oxygens (including phenoxy) is 3. The summed E-state index contributed by atoms with van der Waals surface area (Å²) in [6, 6.07) is 15.3. The zero-order valence-corrected chi connectivity index (χ0v) is 20.5. The second-order valence-electron chi connectivity index (χ2n) is 8.05. The molecule has 168 valence electrons. The van der Waals surface area contributed by atoms with Gasteiger partial charge in [-0.05, 0) is 54.5 Å². The number of aryl methyl sites for hydroxylation is 1. The lowest BCUT2D eigenvalue weighted by Gasteiger charge is -2.30. The molecule has 2 aliphatic rings. The number of rotatable bonds is 4. The number of Topliss-reactive ketones (excluding diaryl/α,β-unsaturated/α-hetero) is 1. The summed E-state index contributed by atoms with van der Waals surface area (Å²) in [5, 5.41) is 0.719. The fourth-order valence-electron chi connectivity index (χ4n) is 4.20. The molecule has 33 heavy (non-hydrogen) atoms. The lowest BCUT2D eigenvalue weighted by Crippen LogP contribution is -2.32. The van der Waals surface area contributed by atoms with E-state index in [4.69, 9.17) is 25.8 Å². The van der Waals surface area contributed by atoms with Crippen LogP contribution < -0.4 is 14.2 Å². The van der Waals surface area contributed by atoms with E-state index >= 15 is 0 Å². The number of hydrogen-bond acceptors (Lipinski definition) is 5. The van der Waals surface area contributed by atoms with Gasteiger partial charge >= 0.3 is 0 Å². The molecule has 0 N–H and O–H groups in total. The van der Waals surface area contributed by atoms with Gasteiger partial charge < -0.3 is 14.2 Å². The van der Waals surface area contributed by atoms with E-state index in [1.54, 1.807) is 13.2 Å². The van der Waals surface area contributed by atoms with E-state index in [1.165, 1.54) is 0 Å². The van der Waals surface area contributed by atoms with Crippen molar-refractivity contribution in [1.29, 1.82) is 0 Å². The molecule has 0 bridgehead atoms. The standard InChI is InChI=1S/C26H21BrClNO4/c1-15-9-22-19(13-29(14-32-22)12-16-5-3-4-6-20(16)28)26-24(15)25(30)23(33-26)11-17-10-18(27)7-8-21(17)31-2/h3-11H,12-14H2,1-2H3/b23-11-. The third kappa shape index (κ3) is 4.14. The van der Waals surface area contributed by atoms with Crippen LogP contribution in [0.3, 0.4) is 0 Å². The lowest BCUT2D eigenvalue weighted by atomic mass is 9.98. The van der Waals surface area contributed by atoms with Gasteiger partial charge in [0, 0.05) is 28.1 Å². The molecule has 7 heteroatoms. The van der Waals surface area contributed by atoms with Crippen molar-refractivity contribution in [2.75, 3.05) is 13.8 Å². The third-order valence-electron chi connectivity index (χ3n) is 5.82. The van der Waals surface area contributed by atoms with Gasteiger partial charge in [-0.15, -0.1) is 0 Å². The Hall–Kier alpha value is -2.80. The number of carbonyl (C=O) groups is 1. The van der Waals surface area contributed by atoms with Gasteiger partial charge in [0.2, 0.25) is 5.78 Å². The number of halogens is 2. The van der Waals surface area contributed by atoms with Crippen molar-refractivity contribution in [3.8, 4) is 17.2 Å². The Balaban J connectivity index is 1.49. The minimum Gasteiger partial charge on any atom is -0.496 e. The van der Waals surface area contributed by atoms with Gasteiger partial charge in [-0.25, -0.2) is 0 Å². The van der Waals surface area contributed by atoms with E-state index in [9.17, 15) is 4.79 Å². The summed E-state index contributed by atoms with van der Waals surface area (Å²) in [5.74, 6) is 2.09. The van der Waals surface area contributed by atoms with Crippen LogP contribution in [-0.4, -0.2) is 24.5 Å². The van der Waals surface area contributed by atoms with E-state index in [-0.39, 0.29) is 11.5 Å². The normalized spacial score (nSPS) is 16.2. The Kier molecular flexibility index (Phi) is 5.91. The summed E-state index contributed by atoms with van der Waals surface area (Å²) in [7, 11) is 1.60. The topological polar surface area (TPSA) is 48.0 Å². The van der Waals surface area contributed by atoms with Gasteiger partial charge in [0.25, 0.3) is 0 Å². The number of carbonyl (C=O) groups excluding carboxylic acids is 1. The monoisotopic (exact) mass is 525 g/mol. The highest BCUT2D eigenvalue weighted by molar-refractivity contribution is 9.10. The molecule has 0 saturated carbocycles. The zero-order chi connectivity index (χ0) is 23.1. The SMILES string of the molecule is COc1ccc(Br)cc1/C=C1\Oc2c3c(cc(C)c2C1=O)OCN(Cc1ccccc1Cl)C3. The maximum Gasteiger partial charge on any atom is 0.232 e. The molecule has 0 unspecified atom stereocenters. The van der Waals surface area contributed by atoms with Crippen LogP contribution in [0.15, 0.2) is 58.8 Å². The first-order chi connectivity index (χ1) is 15.9. The summed E-state index contributed by atoms with van der Waals surface area (Å²) >= 11 is 9.83.